The molecule has 0 spiro atoms. The molecule has 0 saturated heterocycles. The van der Waals surface area contributed by atoms with Crippen LogP contribution in [0.25, 0.3) is 6.08 Å². The van der Waals surface area contributed by atoms with Crippen molar-refractivity contribution in [3.05, 3.63) is 88.2 Å². The van der Waals surface area contributed by atoms with E-state index in [1.165, 1.54) is 11.3 Å². The minimum absolute atomic E-state index is 0.196. The topological polar surface area (TPSA) is 58.2 Å². The summed E-state index contributed by atoms with van der Waals surface area (Å²) in [5.74, 6) is -0.694. The average molecular weight is 395 g/mol. The van der Waals surface area contributed by atoms with Crippen molar-refractivity contribution in [1.29, 1.82) is 0 Å². The van der Waals surface area contributed by atoms with Gasteiger partial charge in [-0.15, -0.1) is 23.1 Å². The SMILES string of the molecule is CSc1ccccc1NC(=O)/C(=C/c1cccs1)NC(=O)c1ccccc1. The van der Waals surface area contributed by atoms with Crippen LogP contribution in [0.1, 0.15) is 15.2 Å². The largest absolute Gasteiger partial charge is 0.320 e. The van der Waals surface area contributed by atoms with Crippen molar-refractivity contribution >= 4 is 46.7 Å². The van der Waals surface area contributed by atoms with Crippen molar-refractivity contribution in [2.45, 2.75) is 4.90 Å². The Morgan fingerprint density at radius 1 is 0.963 bits per heavy atom. The van der Waals surface area contributed by atoms with Gasteiger partial charge in [0.1, 0.15) is 5.70 Å². The summed E-state index contributed by atoms with van der Waals surface area (Å²) in [6.07, 6.45) is 3.63. The summed E-state index contributed by atoms with van der Waals surface area (Å²) in [7, 11) is 0. The Morgan fingerprint density at radius 2 is 1.70 bits per heavy atom. The fourth-order valence-electron chi connectivity index (χ4n) is 2.40. The molecule has 136 valence electrons. The Balaban J connectivity index is 1.86. The number of nitrogens with one attached hydrogen (secondary N) is 2. The van der Waals surface area contributed by atoms with Crippen molar-refractivity contribution < 1.29 is 9.59 Å². The van der Waals surface area contributed by atoms with Gasteiger partial charge in [-0.3, -0.25) is 9.59 Å². The van der Waals surface area contributed by atoms with Gasteiger partial charge in [-0.2, -0.15) is 0 Å². The van der Waals surface area contributed by atoms with Crippen LogP contribution in [0.15, 0.2) is 82.7 Å². The van der Waals surface area contributed by atoms with Crippen LogP contribution in [0.4, 0.5) is 5.69 Å². The molecule has 0 aliphatic carbocycles. The standard InChI is InChI=1S/C21H18N2O2S2/c1-26-19-12-6-5-11-17(19)22-21(25)18(14-16-10-7-13-27-16)23-20(24)15-8-3-2-4-9-15/h2-14H,1H3,(H,22,25)(H,23,24)/b18-14-. The molecule has 2 aromatic carbocycles. The van der Waals surface area contributed by atoms with Crippen LogP contribution >= 0.6 is 23.1 Å². The van der Waals surface area contributed by atoms with E-state index in [-0.39, 0.29) is 17.5 Å². The van der Waals surface area contributed by atoms with E-state index in [4.69, 9.17) is 0 Å². The fraction of sp³-hybridized carbons (Fsp3) is 0.0476. The van der Waals surface area contributed by atoms with E-state index in [1.807, 2.05) is 54.1 Å². The van der Waals surface area contributed by atoms with E-state index in [2.05, 4.69) is 10.6 Å². The highest BCUT2D eigenvalue weighted by Gasteiger charge is 2.16. The van der Waals surface area contributed by atoms with Crippen molar-refractivity contribution in [1.82, 2.24) is 5.32 Å². The van der Waals surface area contributed by atoms with E-state index >= 15 is 0 Å². The molecular weight excluding hydrogens is 376 g/mol. The van der Waals surface area contributed by atoms with E-state index < -0.39 is 0 Å². The van der Waals surface area contributed by atoms with Crippen LogP contribution in [0.5, 0.6) is 0 Å². The molecular formula is C21H18N2O2S2. The maximum atomic E-state index is 12.9. The lowest BCUT2D eigenvalue weighted by molar-refractivity contribution is -0.113. The number of rotatable bonds is 6. The molecule has 2 N–H and O–H groups in total. The molecule has 0 aliphatic rings. The van der Waals surface area contributed by atoms with Gasteiger partial charge in [-0.25, -0.2) is 0 Å². The second-order valence-corrected chi connectivity index (χ2v) is 7.38. The Kier molecular flexibility index (Phi) is 6.46. The molecule has 3 rings (SSSR count). The van der Waals surface area contributed by atoms with Gasteiger partial charge in [-0.1, -0.05) is 36.4 Å². The predicted octanol–water partition coefficient (Wildman–Crippen LogP) is 4.88. The highest BCUT2D eigenvalue weighted by molar-refractivity contribution is 7.98. The molecule has 0 fully saturated rings. The fourth-order valence-corrected chi connectivity index (χ4v) is 3.61. The summed E-state index contributed by atoms with van der Waals surface area (Å²) in [4.78, 5) is 27.2. The zero-order valence-electron chi connectivity index (χ0n) is 14.6. The number of benzene rings is 2. The van der Waals surface area contributed by atoms with Crippen molar-refractivity contribution in [2.75, 3.05) is 11.6 Å². The van der Waals surface area contributed by atoms with Gasteiger partial charge in [-0.05, 0) is 48.0 Å². The first-order chi connectivity index (χ1) is 13.2. The van der Waals surface area contributed by atoms with E-state index in [0.29, 0.717) is 11.3 Å². The number of para-hydroxylation sites is 1. The van der Waals surface area contributed by atoms with Crippen molar-refractivity contribution in [2.24, 2.45) is 0 Å². The third kappa shape index (κ3) is 5.09. The third-order valence-electron chi connectivity index (χ3n) is 3.71. The number of anilines is 1. The molecule has 0 aliphatic heterocycles. The number of carbonyl (C=O) groups is 2. The van der Waals surface area contributed by atoms with Gasteiger partial charge in [0.05, 0.1) is 5.69 Å². The number of thioether (sulfide) groups is 1. The van der Waals surface area contributed by atoms with E-state index in [1.54, 1.807) is 42.1 Å². The van der Waals surface area contributed by atoms with Crippen LogP contribution in [-0.4, -0.2) is 18.1 Å². The summed E-state index contributed by atoms with van der Waals surface area (Å²) in [6, 6.07) is 20.2. The number of amides is 2. The first kappa shape index (κ1) is 18.9. The third-order valence-corrected chi connectivity index (χ3v) is 5.33. The summed E-state index contributed by atoms with van der Waals surface area (Å²) in [5, 5.41) is 7.55. The lowest BCUT2D eigenvalue weighted by atomic mass is 10.2. The zero-order valence-corrected chi connectivity index (χ0v) is 16.3. The Bertz CT molecular complexity index is 951. The molecule has 0 atom stereocenters. The molecule has 1 heterocycles. The molecule has 0 unspecified atom stereocenters. The molecule has 6 heteroatoms. The van der Waals surface area contributed by atoms with Gasteiger partial charge in [0.2, 0.25) is 0 Å². The van der Waals surface area contributed by atoms with Crippen molar-refractivity contribution in [3.8, 4) is 0 Å². The summed E-state index contributed by atoms with van der Waals surface area (Å²) in [5.41, 5.74) is 1.40. The Morgan fingerprint density at radius 3 is 2.41 bits per heavy atom. The molecule has 0 radical (unpaired) electrons. The van der Waals surface area contributed by atoms with Gasteiger partial charge in [0.25, 0.3) is 11.8 Å². The summed E-state index contributed by atoms with van der Waals surface area (Å²) < 4.78 is 0. The highest BCUT2D eigenvalue weighted by atomic mass is 32.2. The van der Waals surface area contributed by atoms with Crippen LogP contribution in [0.2, 0.25) is 0 Å². The first-order valence-electron chi connectivity index (χ1n) is 8.23. The smallest absolute Gasteiger partial charge is 0.272 e. The zero-order chi connectivity index (χ0) is 19.1. The molecule has 4 nitrogen and oxygen atoms in total. The van der Waals surface area contributed by atoms with E-state index in [0.717, 1.165) is 9.77 Å². The maximum absolute atomic E-state index is 12.9. The lowest BCUT2D eigenvalue weighted by Crippen LogP contribution is -2.30. The number of thiophene rings is 1. The second-order valence-electron chi connectivity index (χ2n) is 5.55. The molecule has 27 heavy (non-hydrogen) atoms. The van der Waals surface area contributed by atoms with E-state index in [9.17, 15) is 9.59 Å². The van der Waals surface area contributed by atoms with Gasteiger partial charge < -0.3 is 10.6 Å². The number of carbonyl (C=O) groups excluding carboxylic acids is 2. The number of hydrogen-bond acceptors (Lipinski definition) is 4. The van der Waals surface area contributed by atoms with Crippen molar-refractivity contribution in [3.63, 3.8) is 0 Å². The lowest BCUT2D eigenvalue weighted by Gasteiger charge is -2.13. The quantitative estimate of drug-likeness (QED) is 0.463. The molecule has 1 aromatic heterocycles. The maximum Gasteiger partial charge on any atom is 0.272 e. The van der Waals surface area contributed by atoms with Gasteiger partial charge in [0.15, 0.2) is 0 Å². The minimum atomic E-state index is -0.366. The molecule has 2 amide bonds. The van der Waals surface area contributed by atoms with Crippen LogP contribution in [0, 0.1) is 0 Å². The average Bonchev–Trinajstić information content (AvgIpc) is 3.21. The Labute approximate surface area is 166 Å². The van der Waals surface area contributed by atoms with Crippen LogP contribution < -0.4 is 10.6 Å². The monoisotopic (exact) mass is 394 g/mol. The summed E-state index contributed by atoms with van der Waals surface area (Å²) >= 11 is 3.04. The minimum Gasteiger partial charge on any atom is -0.320 e. The first-order valence-corrected chi connectivity index (χ1v) is 10.3. The molecule has 3 aromatic rings. The normalized spacial score (nSPS) is 11.1. The second kappa shape index (κ2) is 9.21. The molecule has 0 saturated carbocycles. The summed E-state index contributed by atoms with van der Waals surface area (Å²) in [6.45, 7) is 0. The predicted molar refractivity (Wildman–Crippen MR) is 113 cm³/mol. The number of hydrogen-bond donors (Lipinski definition) is 2. The Hall–Kier alpha value is -2.83. The van der Waals surface area contributed by atoms with Gasteiger partial charge >= 0.3 is 0 Å². The van der Waals surface area contributed by atoms with Crippen LogP contribution in [0.3, 0.4) is 0 Å². The highest BCUT2D eigenvalue weighted by Crippen LogP contribution is 2.25. The molecule has 0 bridgehead atoms. The van der Waals surface area contributed by atoms with Crippen LogP contribution in [-0.2, 0) is 4.79 Å². The van der Waals surface area contributed by atoms with Gasteiger partial charge in [0, 0.05) is 15.3 Å².